The number of hydrogen-bond donors (Lipinski definition) is 0. The van der Waals surface area contributed by atoms with Crippen LogP contribution in [0.4, 0.5) is 0 Å². The number of carbonyl (C=O) groups is 1. The van der Waals surface area contributed by atoms with Crippen molar-refractivity contribution in [2.75, 3.05) is 0 Å². The topological polar surface area (TPSA) is 17.1 Å². The van der Waals surface area contributed by atoms with E-state index in [0.717, 1.165) is 11.8 Å². The van der Waals surface area contributed by atoms with Crippen LogP contribution in [0.3, 0.4) is 0 Å². The van der Waals surface area contributed by atoms with Crippen molar-refractivity contribution in [3.05, 3.63) is 41.5 Å². The minimum Gasteiger partial charge on any atom is -0.298 e. The molecule has 1 rings (SSSR count). The number of carbonyl (C=O) groups excluding carboxylic acids is 1. The Bertz CT molecular complexity index is 461. The molecular formula is C20H32OSi. The maximum Gasteiger partial charge on any atom is 0.150 e. The fraction of sp³-hybridized carbons (Fsp3) is 0.550. The first kappa shape index (κ1) is 18.9. The van der Waals surface area contributed by atoms with Crippen molar-refractivity contribution in [1.29, 1.82) is 0 Å². The molecule has 0 saturated carbocycles. The molecule has 0 aliphatic rings. The second-order valence-electron chi connectivity index (χ2n) is 6.19. The predicted molar refractivity (Wildman–Crippen MR) is 101 cm³/mol. The van der Waals surface area contributed by atoms with Gasteiger partial charge in [0, 0.05) is 5.56 Å². The summed E-state index contributed by atoms with van der Waals surface area (Å²) in [7, 11) is -1.40. The van der Waals surface area contributed by atoms with E-state index < -0.39 is 8.07 Å². The van der Waals surface area contributed by atoms with Gasteiger partial charge in [-0.25, -0.2) is 0 Å². The van der Waals surface area contributed by atoms with Crippen molar-refractivity contribution in [1.82, 2.24) is 0 Å². The molecule has 2 heteroatoms. The lowest BCUT2D eigenvalue weighted by atomic mass is 10.1. The third-order valence-electron chi connectivity index (χ3n) is 5.12. The minimum atomic E-state index is -1.40. The largest absolute Gasteiger partial charge is 0.298 e. The van der Waals surface area contributed by atoms with E-state index in [9.17, 15) is 4.79 Å². The average molecular weight is 317 g/mol. The van der Waals surface area contributed by atoms with E-state index >= 15 is 0 Å². The molecule has 1 nitrogen and oxygen atoms in total. The molecule has 0 heterocycles. The first-order valence-corrected chi connectivity index (χ1v) is 11.6. The van der Waals surface area contributed by atoms with Gasteiger partial charge in [-0.15, -0.1) is 0 Å². The monoisotopic (exact) mass is 316 g/mol. The average Bonchev–Trinajstić information content (AvgIpc) is 2.58. The predicted octanol–water partition coefficient (Wildman–Crippen LogP) is 6.51. The summed E-state index contributed by atoms with van der Waals surface area (Å²) in [4.78, 5) is 10.9. The summed E-state index contributed by atoms with van der Waals surface area (Å²) in [6.45, 7) is 9.34. The summed E-state index contributed by atoms with van der Waals surface area (Å²) in [5.74, 6) is 0. The molecule has 0 amide bonds. The smallest absolute Gasteiger partial charge is 0.150 e. The van der Waals surface area contributed by atoms with Gasteiger partial charge < -0.3 is 0 Å². The highest BCUT2D eigenvalue weighted by molar-refractivity contribution is 6.96. The summed E-state index contributed by atoms with van der Waals surface area (Å²) in [5.41, 5.74) is 2.12. The molecule has 0 fully saturated rings. The van der Waals surface area contributed by atoms with Crippen LogP contribution in [0.2, 0.25) is 18.1 Å². The van der Waals surface area contributed by atoms with E-state index in [2.05, 4.69) is 45.9 Å². The molecule has 0 atom stereocenters. The zero-order valence-electron chi connectivity index (χ0n) is 14.8. The second-order valence-corrected chi connectivity index (χ2v) is 11.4. The van der Waals surface area contributed by atoms with Gasteiger partial charge in [-0.2, -0.15) is 0 Å². The Balaban J connectivity index is 3.16. The molecule has 0 N–H and O–H groups in total. The Morgan fingerprint density at radius 1 is 0.955 bits per heavy atom. The van der Waals surface area contributed by atoms with Crippen LogP contribution >= 0.6 is 0 Å². The molecular weight excluding hydrogens is 284 g/mol. The van der Waals surface area contributed by atoms with Crippen LogP contribution in [0.25, 0.3) is 5.20 Å². The number of allylic oxidation sites excluding steroid dienone is 1. The molecule has 0 saturated heterocycles. The SMILES string of the molecule is CCCCC/C=C(/c1ccc(C=O)cc1)[Si](CC)(CC)CC. The van der Waals surface area contributed by atoms with Crippen molar-refractivity contribution in [2.45, 2.75) is 71.5 Å². The molecule has 0 spiro atoms. The number of unbranched alkanes of at least 4 members (excludes halogenated alkanes) is 3. The Morgan fingerprint density at radius 3 is 2.00 bits per heavy atom. The Hall–Kier alpha value is -1.15. The third kappa shape index (κ3) is 4.67. The number of aldehydes is 1. The summed E-state index contributed by atoms with van der Waals surface area (Å²) in [5, 5.41) is 1.62. The number of hydrogen-bond acceptors (Lipinski definition) is 1. The van der Waals surface area contributed by atoms with Crippen LogP contribution in [-0.2, 0) is 0 Å². The molecule has 0 radical (unpaired) electrons. The van der Waals surface area contributed by atoms with Gasteiger partial charge in [0.15, 0.2) is 0 Å². The highest BCUT2D eigenvalue weighted by Crippen LogP contribution is 2.36. The standard InChI is InChI=1S/C20H32OSi/c1-5-9-10-11-12-20(22(6-2,7-3)8-4)19-15-13-18(17-21)14-16-19/h12-17H,5-11H2,1-4H3/b20-12-. The lowest BCUT2D eigenvalue weighted by Crippen LogP contribution is -2.33. The zero-order valence-corrected chi connectivity index (χ0v) is 15.8. The lowest BCUT2D eigenvalue weighted by Gasteiger charge is -2.32. The van der Waals surface area contributed by atoms with Crippen LogP contribution in [0, 0.1) is 0 Å². The summed E-state index contributed by atoms with van der Waals surface area (Å²) >= 11 is 0. The molecule has 0 bridgehead atoms. The van der Waals surface area contributed by atoms with Crippen LogP contribution < -0.4 is 0 Å². The maximum atomic E-state index is 10.9. The van der Waals surface area contributed by atoms with Crippen molar-refractivity contribution in [3.8, 4) is 0 Å². The van der Waals surface area contributed by atoms with Crippen molar-refractivity contribution in [3.63, 3.8) is 0 Å². The summed E-state index contributed by atoms with van der Waals surface area (Å²) in [6, 6.07) is 12.1. The summed E-state index contributed by atoms with van der Waals surface area (Å²) < 4.78 is 0. The van der Waals surface area contributed by atoms with E-state index in [1.54, 1.807) is 5.20 Å². The zero-order chi connectivity index (χ0) is 16.4. The molecule has 0 aromatic heterocycles. The van der Waals surface area contributed by atoms with Gasteiger partial charge in [0.2, 0.25) is 0 Å². The molecule has 1 aromatic rings. The maximum absolute atomic E-state index is 10.9. The van der Waals surface area contributed by atoms with Gasteiger partial charge in [0.25, 0.3) is 0 Å². The highest BCUT2D eigenvalue weighted by atomic mass is 28.3. The molecule has 1 aromatic carbocycles. The normalized spacial score (nSPS) is 12.5. The Kier molecular flexibility index (Phi) is 8.40. The lowest BCUT2D eigenvalue weighted by molar-refractivity contribution is 0.112. The fourth-order valence-corrected chi connectivity index (χ4v) is 7.34. The van der Waals surface area contributed by atoms with Gasteiger partial charge in [-0.05, 0) is 18.4 Å². The van der Waals surface area contributed by atoms with Gasteiger partial charge in [-0.1, -0.05) is 94.2 Å². The second kappa shape index (κ2) is 9.78. The van der Waals surface area contributed by atoms with Crippen molar-refractivity contribution in [2.24, 2.45) is 0 Å². The molecule has 122 valence electrons. The van der Waals surface area contributed by atoms with Gasteiger partial charge in [0.05, 0.1) is 8.07 Å². The number of rotatable bonds is 10. The van der Waals surface area contributed by atoms with Crippen LogP contribution in [-0.4, -0.2) is 14.4 Å². The first-order chi connectivity index (χ1) is 10.7. The first-order valence-electron chi connectivity index (χ1n) is 8.93. The molecule has 0 unspecified atom stereocenters. The molecule has 0 aliphatic carbocycles. The van der Waals surface area contributed by atoms with Gasteiger partial charge in [-0.3, -0.25) is 4.79 Å². The van der Waals surface area contributed by atoms with Crippen molar-refractivity contribution >= 4 is 19.6 Å². The van der Waals surface area contributed by atoms with E-state index in [1.807, 2.05) is 12.1 Å². The Labute approximate surface area is 137 Å². The molecule has 22 heavy (non-hydrogen) atoms. The Morgan fingerprint density at radius 2 is 1.55 bits per heavy atom. The van der Waals surface area contributed by atoms with E-state index in [4.69, 9.17) is 0 Å². The van der Waals surface area contributed by atoms with Crippen LogP contribution in [0.15, 0.2) is 30.3 Å². The minimum absolute atomic E-state index is 0.769. The third-order valence-corrected chi connectivity index (χ3v) is 10.8. The fourth-order valence-electron chi connectivity index (χ4n) is 3.34. The van der Waals surface area contributed by atoms with Gasteiger partial charge >= 0.3 is 0 Å². The van der Waals surface area contributed by atoms with Crippen LogP contribution in [0.5, 0.6) is 0 Å². The highest BCUT2D eigenvalue weighted by Gasteiger charge is 2.31. The van der Waals surface area contributed by atoms with Gasteiger partial charge in [0.1, 0.15) is 6.29 Å². The summed E-state index contributed by atoms with van der Waals surface area (Å²) in [6.07, 6.45) is 8.51. The van der Waals surface area contributed by atoms with E-state index in [1.165, 1.54) is 49.4 Å². The quantitative estimate of drug-likeness (QED) is 0.273. The van der Waals surface area contributed by atoms with E-state index in [-0.39, 0.29) is 0 Å². The van der Waals surface area contributed by atoms with Crippen LogP contribution in [0.1, 0.15) is 69.3 Å². The molecule has 0 aliphatic heterocycles. The van der Waals surface area contributed by atoms with E-state index in [0.29, 0.717) is 0 Å². The van der Waals surface area contributed by atoms with Crippen molar-refractivity contribution < 1.29 is 4.79 Å². The number of benzene rings is 1.